The number of sulfone groups is 1. The number of carbonyl (C=O) groups is 2. The first-order valence-corrected chi connectivity index (χ1v) is 8.40. The molecule has 3 rings (SSSR count). The van der Waals surface area contributed by atoms with Crippen LogP contribution in [0.1, 0.15) is 12.6 Å². The van der Waals surface area contributed by atoms with Gasteiger partial charge in [0.05, 0.1) is 17.5 Å². The van der Waals surface area contributed by atoms with Gasteiger partial charge in [-0.2, -0.15) is 0 Å². The number of carbonyl (C=O) groups excluding carboxylic acids is 1. The highest BCUT2D eigenvalue weighted by atomic mass is 32.2. The molecule has 2 unspecified atom stereocenters. The standard InChI is InChI=1S/C14H13N3O6S/c1-14(7-16-21)10(13(19)20)17-11(18)9(12(17)24(14,22)23)6-8-4-2-3-5-15-8/h2-7,10,12,21H,1H3,(H,19,20)/b9-6-,16-7+/t10-,12?,14?/m0/s1. The topological polar surface area (TPSA) is 137 Å². The monoisotopic (exact) mass is 351 g/mol. The number of rotatable bonds is 3. The van der Waals surface area contributed by atoms with Crippen molar-refractivity contribution in [3.05, 3.63) is 35.7 Å². The van der Waals surface area contributed by atoms with Crippen LogP contribution in [0.25, 0.3) is 6.08 Å². The van der Waals surface area contributed by atoms with Gasteiger partial charge in [-0.25, -0.2) is 13.2 Å². The van der Waals surface area contributed by atoms with Crippen molar-refractivity contribution < 1.29 is 28.3 Å². The highest BCUT2D eigenvalue weighted by molar-refractivity contribution is 7.94. The molecule has 0 aliphatic carbocycles. The Morgan fingerprint density at radius 2 is 2.17 bits per heavy atom. The molecule has 1 aromatic heterocycles. The molecular formula is C14H13N3O6S. The molecule has 0 aromatic carbocycles. The third-order valence-corrected chi connectivity index (χ3v) is 6.89. The first-order valence-electron chi connectivity index (χ1n) is 6.86. The van der Waals surface area contributed by atoms with Crippen molar-refractivity contribution in [1.82, 2.24) is 9.88 Å². The van der Waals surface area contributed by atoms with E-state index < -0.39 is 37.9 Å². The summed E-state index contributed by atoms with van der Waals surface area (Å²) < 4.78 is 23.6. The smallest absolute Gasteiger partial charge is 0.328 e. The fourth-order valence-corrected chi connectivity index (χ4v) is 5.28. The zero-order valence-corrected chi connectivity index (χ0v) is 13.2. The van der Waals surface area contributed by atoms with Gasteiger partial charge < -0.3 is 15.2 Å². The molecular weight excluding hydrogens is 338 g/mol. The van der Waals surface area contributed by atoms with Crippen molar-refractivity contribution >= 4 is 34.0 Å². The van der Waals surface area contributed by atoms with Crippen LogP contribution in [0.2, 0.25) is 0 Å². The van der Waals surface area contributed by atoms with Crippen LogP contribution in [-0.2, 0) is 19.4 Å². The van der Waals surface area contributed by atoms with E-state index >= 15 is 0 Å². The summed E-state index contributed by atoms with van der Waals surface area (Å²) in [6.07, 6.45) is 3.45. The molecule has 0 bridgehead atoms. The van der Waals surface area contributed by atoms with Crippen molar-refractivity contribution in [3.63, 3.8) is 0 Å². The zero-order chi connectivity index (χ0) is 17.7. The maximum Gasteiger partial charge on any atom is 0.328 e. The van der Waals surface area contributed by atoms with E-state index in [1.165, 1.54) is 12.3 Å². The Kier molecular flexibility index (Phi) is 3.44. The van der Waals surface area contributed by atoms with Crippen LogP contribution < -0.4 is 0 Å². The van der Waals surface area contributed by atoms with Gasteiger partial charge in [-0.3, -0.25) is 9.78 Å². The van der Waals surface area contributed by atoms with E-state index in [0.717, 1.165) is 11.8 Å². The predicted molar refractivity (Wildman–Crippen MR) is 81.9 cm³/mol. The van der Waals surface area contributed by atoms with Crippen molar-refractivity contribution in [2.75, 3.05) is 0 Å². The van der Waals surface area contributed by atoms with E-state index in [2.05, 4.69) is 10.1 Å². The molecule has 24 heavy (non-hydrogen) atoms. The van der Waals surface area contributed by atoms with E-state index in [-0.39, 0.29) is 5.57 Å². The van der Waals surface area contributed by atoms with E-state index in [9.17, 15) is 23.1 Å². The minimum Gasteiger partial charge on any atom is -0.480 e. The Labute approximate surface area is 136 Å². The lowest BCUT2D eigenvalue weighted by molar-refractivity contribution is -0.152. The Hall–Kier alpha value is -2.75. The number of nitrogens with zero attached hydrogens (tertiary/aromatic N) is 3. The van der Waals surface area contributed by atoms with Crippen LogP contribution in [0.3, 0.4) is 0 Å². The third kappa shape index (κ3) is 1.89. The van der Waals surface area contributed by atoms with Gasteiger partial charge in [-0.05, 0) is 25.1 Å². The highest BCUT2D eigenvalue weighted by Crippen LogP contribution is 2.48. The summed E-state index contributed by atoms with van der Waals surface area (Å²) in [6.45, 7) is 1.12. The summed E-state index contributed by atoms with van der Waals surface area (Å²) in [7, 11) is -4.17. The average Bonchev–Trinajstić information content (AvgIpc) is 2.69. The molecule has 1 amide bonds. The number of carboxylic acid groups (broad SMARTS) is 1. The summed E-state index contributed by atoms with van der Waals surface area (Å²) in [5.41, 5.74) is 0.321. The molecule has 2 aliphatic heterocycles. The average molecular weight is 351 g/mol. The molecule has 2 saturated heterocycles. The van der Waals surface area contributed by atoms with Gasteiger partial charge in [0, 0.05) is 6.20 Å². The number of fused-ring (bicyclic) bond motifs is 1. The molecule has 10 heteroatoms. The molecule has 2 aliphatic rings. The lowest BCUT2D eigenvalue weighted by atomic mass is 9.94. The maximum absolute atomic E-state index is 12.8. The van der Waals surface area contributed by atoms with Gasteiger partial charge in [-0.1, -0.05) is 6.07 Å². The number of hydrogen-bond acceptors (Lipinski definition) is 7. The van der Waals surface area contributed by atoms with E-state index in [1.807, 2.05) is 0 Å². The first-order chi connectivity index (χ1) is 11.3. The fourth-order valence-electron chi connectivity index (χ4n) is 3.06. The summed E-state index contributed by atoms with van der Waals surface area (Å²) in [6, 6.07) is 3.26. The van der Waals surface area contributed by atoms with Gasteiger partial charge in [0.15, 0.2) is 21.3 Å². The maximum atomic E-state index is 12.8. The van der Waals surface area contributed by atoms with E-state index in [1.54, 1.807) is 18.2 Å². The van der Waals surface area contributed by atoms with Gasteiger partial charge in [0.2, 0.25) is 0 Å². The van der Waals surface area contributed by atoms with Gasteiger partial charge in [0.1, 0.15) is 4.75 Å². The second kappa shape index (κ2) is 5.13. The molecule has 3 heterocycles. The Morgan fingerprint density at radius 3 is 2.71 bits per heavy atom. The number of β-lactam (4-membered cyclic amide) rings is 1. The summed E-state index contributed by atoms with van der Waals surface area (Å²) in [5.74, 6) is -2.19. The van der Waals surface area contributed by atoms with Crippen LogP contribution in [0, 0.1) is 0 Å². The highest BCUT2D eigenvalue weighted by Gasteiger charge is 2.71. The number of hydrogen-bond donors (Lipinski definition) is 2. The predicted octanol–water partition coefficient (Wildman–Crippen LogP) is -0.266. The number of amides is 1. The molecule has 3 atom stereocenters. The van der Waals surface area contributed by atoms with Crippen molar-refractivity contribution in [2.24, 2.45) is 5.16 Å². The molecule has 0 spiro atoms. The van der Waals surface area contributed by atoms with Crippen LogP contribution in [-0.4, -0.2) is 62.9 Å². The van der Waals surface area contributed by atoms with Crippen molar-refractivity contribution in [2.45, 2.75) is 23.1 Å². The molecule has 2 fully saturated rings. The minimum atomic E-state index is -4.17. The number of aromatic nitrogens is 1. The van der Waals surface area contributed by atoms with Crippen LogP contribution in [0.15, 0.2) is 35.1 Å². The van der Waals surface area contributed by atoms with Gasteiger partial charge in [0.25, 0.3) is 5.91 Å². The fraction of sp³-hybridized carbons (Fsp3) is 0.286. The summed E-state index contributed by atoms with van der Waals surface area (Å²) in [5, 5.41) is 19.5. The first kappa shape index (κ1) is 16.1. The Morgan fingerprint density at radius 1 is 1.46 bits per heavy atom. The number of carboxylic acids is 1. The minimum absolute atomic E-state index is 0.0602. The van der Waals surface area contributed by atoms with E-state index in [4.69, 9.17) is 5.21 Å². The van der Waals surface area contributed by atoms with Gasteiger partial charge >= 0.3 is 5.97 Å². The molecule has 1 aromatic rings. The number of aliphatic carboxylic acids is 1. The van der Waals surface area contributed by atoms with Crippen LogP contribution >= 0.6 is 0 Å². The SMILES string of the molecule is CC1(/C=N/O)[C@H](C(=O)O)N2C(=O)/C(=C/c3ccccn3)C2S1(=O)=O. The van der Waals surface area contributed by atoms with Crippen molar-refractivity contribution in [1.29, 1.82) is 0 Å². The number of pyridine rings is 1. The number of oxime groups is 1. The summed E-state index contributed by atoms with van der Waals surface area (Å²) >= 11 is 0. The molecule has 0 saturated carbocycles. The lowest BCUT2D eigenvalue weighted by Gasteiger charge is -2.37. The third-order valence-electron chi connectivity index (χ3n) is 4.27. The van der Waals surface area contributed by atoms with Crippen LogP contribution in [0.5, 0.6) is 0 Å². The lowest BCUT2D eigenvalue weighted by Crippen LogP contribution is -2.59. The van der Waals surface area contributed by atoms with Crippen LogP contribution in [0.4, 0.5) is 0 Å². The van der Waals surface area contributed by atoms with E-state index in [0.29, 0.717) is 11.9 Å². The molecule has 126 valence electrons. The van der Waals surface area contributed by atoms with Gasteiger partial charge in [-0.15, -0.1) is 5.16 Å². The second-order valence-corrected chi connectivity index (χ2v) is 8.05. The molecule has 9 nitrogen and oxygen atoms in total. The zero-order valence-electron chi connectivity index (χ0n) is 12.4. The summed E-state index contributed by atoms with van der Waals surface area (Å²) in [4.78, 5) is 28.7. The molecule has 2 N–H and O–H groups in total. The quantitative estimate of drug-likeness (QED) is 0.251. The largest absolute Gasteiger partial charge is 0.480 e. The Balaban J connectivity index is 2.15. The normalized spacial score (nSPS) is 32.8. The van der Waals surface area contributed by atoms with Crippen molar-refractivity contribution in [3.8, 4) is 0 Å². The Bertz CT molecular complexity index is 879. The molecule has 0 radical (unpaired) electrons. The second-order valence-electron chi connectivity index (χ2n) is 5.63.